The number of non-ortho nitro benzene ring substituents is 1. The monoisotopic (exact) mass is 498 g/mol. The van der Waals surface area contributed by atoms with E-state index in [1.807, 2.05) is 29.2 Å². The number of ether oxygens (including phenoxy) is 1. The van der Waals surface area contributed by atoms with Gasteiger partial charge in [0, 0.05) is 35.4 Å². The molecular weight excluding hydrogens is 480 g/mol. The van der Waals surface area contributed by atoms with Crippen LogP contribution in [0.3, 0.4) is 0 Å². The van der Waals surface area contributed by atoms with Crippen molar-refractivity contribution in [3.05, 3.63) is 68.7 Å². The molecule has 1 fully saturated rings. The number of halogens is 1. The Morgan fingerprint density at radius 1 is 1.09 bits per heavy atom. The summed E-state index contributed by atoms with van der Waals surface area (Å²) >= 11 is 3.43. The first kappa shape index (κ1) is 21.6. The van der Waals surface area contributed by atoms with Gasteiger partial charge in [0.1, 0.15) is 0 Å². The molecule has 0 spiro atoms. The number of benzene rings is 2. The lowest BCUT2D eigenvalue weighted by molar-refractivity contribution is -0.384. The zero-order chi connectivity index (χ0) is 22.3. The largest absolute Gasteiger partial charge is 0.378 e. The number of nitrogens with zero attached hydrogens (tertiary/aromatic N) is 6. The van der Waals surface area contributed by atoms with E-state index in [0.29, 0.717) is 37.9 Å². The van der Waals surface area contributed by atoms with Crippen molar-refractivity contribution in [1.82, 2.24) is 15.0 Å². The molecule has 0 radical (unpaired) electrons. The lowest BCUT2D eigenvalue weighted by Crippen LogP contribution is -2.37. The standard InChI is InChI=1S/C20H19BrN8O3/c21-15-3-1-2-14(12-15)13-22-27-19-24-18(23-16-4-6-17(7-5-16)29(30)31)25-20(26-19)28-8-10-32-11-9-28/h1-7,12-13H,8-11H2,(H2,23,24,25,26,27). The average molecular weight is 499 g/mol. The van der Waals surface area contributed by atoms with E-state index in [1.54, 1.807) is 18.3 Å². The fraction of sp³-hybridized carbons (Fsp3) is 0.200. The number of hydrogen-bond acceptors (Lipinski definition) is 10. The Balaban J connectivity index is 1.56. The van der Waals surface area contributed by atoms with E-state index in [2.05, 4.69) is 46.7 Å². The van der Waals surface area contributed by atoms with Crippen LogP contribution in [0.1, 0.15) is 5.56 Å². The number of nitrogens with one attached hydrogen (secondary N) is 2. The summed E-state index contributed by atoms with van der Waals surface area (Å²) in [5.74, 6) is 1.03. The number of morpholine rings is 1. The first-order chi connectivity index (χ1) is 15.6. The van der Waals surface area contributed by atoms with Crippen LogP contribution in [0.25, 0.3) is 0 Å². The van der Waals surface area contributed by atoms with E-state index in [9.17, 15) is 10.1 Å². The molecule has 1 aliphatic rings. The molecule has 4 rings (SSSR count). The topological polar surface area (TPSA) is 131 Å². The first-order valence-electron chi connectivity index (χ1n) is 9.72. The summed E-state index contributed by atoms with van der Waals surface area (Å²) in [6.07, 6.45) is 1.66. The lowest BCUT2D eigenvalue weighted by atomic mass is 10.2. The fourth-order valence-corrected chi connectivity index (χ4v) is 3.34. The molecule has 1 aliphatic heterocycles. The number of nitro groups is 1. The van der Waals surface area contributed by atoms with Crippen molar-refractivity contribution in [3.8, 4) is 0 Å². The van der Waals surface area contributed by atoms with E-state index >= 15 is 0 Å². The average Bonchev–Trinajstić information content (AvgIpc) is 2.80. The van der Waals surface area contributed by atoms with Gasteiger partial charge in [0.15, 0.2) is 0 Å². The smallest absolute Gasteiger partial charge is 0.269 e. The highest BCUT2D eigenvalue weighted by Gasteiger charge is 2.17. The van der Waals surface area contributed by atoms with Crippen LogP contribution >= 0.6 is 15.9 Å². The van der Waals surface area contributed by atoms with Crippen LogP contribution in [-0.2, 0) is 4.74 Å². The second-order valence-corrected chi connectivity index (χ2v) is 7.65. The summed E-state index contributed by atoms with van der Waals surface area (Å²) in [5, 5.41) is 18.2. The SMILES string of the molecule is O=[N+]([O-])c1ccc(Nc2nc(NN=Cc3cccc(Br)c3)nc(N3CCOCC3)n2)cc1. The lowest BCUT2D eigenvalue weighted by Gasteiger charge is -2.27. The third-order valence-corrected chi connectivity index (χ3v) is 4.97. The number of anilines is 4. The van der Waals surface area contributed by atoms with Crippen molar-refractivity contribution in [2.45, 2.75) is 0 Å². The Hall–Kier alpha value is -3.64. The highest BCUT2D eigenvalue weighted by molar-refractivity contribution is 9.10. The molecular formula is C20H19BrN8O3. The molecule has 11 nitrogen and oxygen atoms in total. The zero-order valence-corrected chi connectivity index (χ0v) is 18.4. The number of nitro benzene ring substituents is 1. The molecule has 2 heterocycles. The molecule has 1 saturated heterocycles. The number of hydrazone groups is 1. The third kappa shape index (κ3) is 5.74. The van der Waals surface area contributed by atoms with Crippen LogP contribution in [0.5, 0.6) is 0 Å². The van der Waals surface area contributed by atoms with Crippen LogP contribution in [-0.4, -0.2) is 52.4 Å². The molecule has 164 valence electrons. The Morgan fingerprint density at radius 3 is 2.56 bits per heavy atom. The zero-order valence-electron chi connectivity index (χ0n) is 16.8. The van der Waals surface area contributed by atoms with Gasteiger partial charge in [-0.05, 0) is 29.8 Å². The Labute approximate surface area is 191 Å². The summed E-state index contributed by atoms with van der Waals surface area (Å²) in [7, 11) is 0. The molecule has 0 saturated carbocycles. The van der Waals surface area contributed by atoms with Crippen molar-refractivity contribution in [2.24, 2.45) is 5.10 Å². The molecule has 0 atom stereocenters. The van der Waals surface area contributed by atoms with Gasteiger partial charge in [0.25, 0.3) is 5.69 Å². The van der Waals surface area contributed by atoms with E-state index < -0.39 is 4.92 Å². The van der Waals surface area contributed by atoms with Gasteiger partial charge in [-0.2, -0.15) is 20.1 Å². The van der Waals surface area contributed by atoms with E-state index in [0.717, 1.165) is 10.0 Å². The van der Waals surface area contributed by atoms with E-state index in [4.69, 9.17) is 4.74 Å². The van der Waals surface area contributed by atoms with Crippen LogP contribution in [0.2, 0.25) is 0 Å². The van der Waals surface area contributed by atoms with Crippen molar-refractivity contribution in [3.63, 3.8) is 0 Å². The minimum atomic E-state index is -0.450. The van der Waals surface area contributed by atoms with Crippen LogP contribution in [0, 0.1) is 10.1 Å². The molecule has 0 bridgehead atoms. The second-order valence-electron chi connectivity index (χ2n) is 6.74. The summed E-state index contributed by atoms with van der Waals surface area (Å²) < 4.78 is 6.35. The van der Waals surface area contributed by atoms with Gasteiger partial charge in [0.2, 0.25) is 17.8 Å². The van der Waals surface area contributed by atoms with Gasteiger partial charge in [0.05, 0.1) is 24.4 Å². The Morgan fingerprint density at radius 2 is 1.84 bits per heavy atom. The third-order valence-electron chi connectivity index (χ3n) is 4.48. The van der Waals surface area contributed by atoms with E-state index in [1.165, 1.54) is 12.1 Å². The molecule has 2 aromatic carbocycles. The molecule has 0 aliphatic carbocycles. The minimum absolute atomic E-state index is 0.00411. The predicted octanol–water partition coefficient (Wildman–Crippen LogP) is 3.57. The highest BCUT2D eigenvalue weighted by Crippen LogP contribution is 2.21. The second kappa shape index (κ2) is 10.1. The van der Waals surface area contributed by atoms with Gasteiger partial charge >= 0.3 is 0 Å². The number of hydrogen-bond donors (Lipinski definition) is 2. The normalized spacial score (nSPS) is 13.8. The number of rotatable bonds is 7. The summed E-state index contributed by atoms with van der Waals surface area (Å²) in [6, 6.07) is 13.7. The Kier molecular flexibility index (Phi) is 6.82. The van der Waals surface area contributed by atoms with Gasteiger partial charge in [-0.1, -0.05) is 28.1 Å². The predicted molar refractivity (Wildman–Crippen MR) is 125 cm³/mol. The molecule has 12 heteroatoms. The van der Waals surface area contributed by atoms with Crippen molar-refractivity contribution in [1.29, 1.82) is 0 Å². The molecule has 3 aromatic rings. The van der Waals surface area contributed by atoms with Crippen molar-refractivity contribution in [2.75, 3.05) is 41.9 Å². The Bertz CT molecular complexity index is 1120. The maximum absolute atomic E-state index is 10.9. The molecule has 0 unspecified atom stereocenters. The summed E-state index contributed by atoms with van der Waals surface area (Å²) in [5.41, 5.74) is 4.36. The summed E-state index contributed by atoms with van der Waals surface area (Å²) in [6.45, 7) is 2.48. The summed E-state index contributed by atoms with van der Waals surface area (Å²) in [4.78, 5) is 25.7. The van der Waals surface area contributed by atoms with Crippen LogP contribution in [0.4, 0.5) is 29.2 Å². The first-order valence-corrected chi connectivity index (χ1v) is 10.5. The van der Waals surface area contributed by atoms with Crippen molar-refractivity contribution >= 4 is 51.4 Å². The van der Waals surface area contributed by atoms with Gasteiger partial charge in [-0.3, -0.25) is 10.1 Å². The minimum Gasteiger partial charge on any atom is -0.378 e. The van der Waals surface area contributed by atoms with Crippen LogP contribution < -0.4 is 15.6 Å². The molecule has 1 aromatic heterocycles. The number of aromatic nitrogens is 3. The quantitative estimate of drug-likeness (QED) is 0.285. The fourth-order valence-electron chi connectivity index (χ4n) is 2.92. The van der Waals surface area contributed by atoms with Crippen LogP contribution in [0.15, 0.2) is 58.1 Å². The molecule has 0 amide bonds. The maximum atomic E-state index is 10.9. The van der Waals surface area contributed by atoms with Crippen molar-refractivity contribution < 1.29 is 9.66 Å². The highest BCUT2D eigenvalue weighted by atomic mass is 79.9. The molecule has 32 heavy (non-hydrogen) atoms. The molecule has 2 N–H and O–H groups in total. The van der Waals surface area contributed by atoms with Gasteiger partial charge in [-0.25, -0.2) is 5.43 Å². The van der Waals surface area contributed by atoms with Gasteiger partial charge in [-0.15, -0.1) is 0 Å². The van der Waals surface area contributed by atoms with E-state index in [-0.39, 0.29) is 17.6 Å². The maximum Gasteiger partial charge on any atom is 0.269 e. The van der Waals surface area contributed by atoms with Gasteiger partial charge < -0.3 is 15.0 Å².